The van der Waals surface area contributed by atoms with Crippen LogP contribution in [0.25, 0.3) is 0 Å². The van der Waals surface area contributed by atoms with Gasteiger partial charge in [-0.05, 0) is 50.8 Å². The summed E-state index contributed by atoms with van der Waals surface area (Å²) in [6, 6.07) is 5.06. The fraction of sp³-hybridized carbons (Fsp3) is 0.722. The topological polar surface area (TPSA) is 28.2 Å². The molecule has 2 rings (SSSR count). The Morgan fingerprint density at radius 1 is 1.33 bits per heavy atom. The zero-order chi connectivity index (χ0) is 15.5. The van der Waals surface area contributed by atoms with Gasteiger partial charge >= 0.3 is 0 Å². The molecule has 2 heterocycles. The molecule has 1 fully saturated rings. The Kier molecular flexibility index (Phi) is 5.26. The van der Waals surface area contributed by atoms with Crippen LogP contribution in [-0.4, -0.2) is 23.1 Å². The summed E-state index contributed by atoms with van der Waals surface area (Å²) >= 11 is 0. The van der Waals surface area contributed by atoms with Crippen LogP contribution in [0.4, 0.5) is 5.82 Å². The summed E-state index contributed by atoms with van der Waals surface area (Å²) in [6.45, 7) is 13.3. The molecule has 0 aromatic carbocycles. The van der Waals surface area contributed by atoms with Gasteiger partial charge in [0.25, 0.3) is 0 Å². The summed E-state index contributed by atoms with van der Waals surface area (Å²) in [5.74, 6) is 1.17. The van der Waals surface area contributed by atoms with E-state index in [1.54, 1.807) is 0 Å². The number of pyridine rings is 1. The second kappa shape index (κ2) is 6.78. The predicted molar refractivity (Wildman–Crippen MR) is 90.9 cm³/mol. The number of rotatable bonds is 6. The second-order valence-electron chi connectivity index (χ2n) is 7.18. The number of hydrogen-bond acceptors (Lipinski definition) is 3. The zero-order valence-electron chi connectivity index (χ0n) is 14.4. The minimum Gasteiger partial charge on any atom is -0.351 e. The van der Waals surface area contributed by atoms with E-state index in [0.717, 1.165) is 25.9 Å². The molecule has 1 saturated heterocycles. The molecule has 0 spiro atoms. The highest BCUT2D eigenvalue weighted by Gasteiger charge is 2.32. The van der Waals surface area contributed by atoms with Crippen molar-refractivity contribution in [2.75, 3.05) is 11.4 Å². The van der Waals surface area contributed by atoms with Crippen molar-refractivity contribution in [3.63, 3.8) is 0 Å². The van der Waals surface area contributed by atoms with Crippen LogP contribution < -0.4 is 10.2 Å². The first kappa shape index (κ1) is 16.3. The van der Waals surface area contributed by atoms with Crippen LogP contribution in [-0.2, 0) is 13.0 Å². The van der Waals surface area contributed by atoms with Crippen LogP contribution in [0.1, 0.15) is 65.1 Å². The Morgan fingerprint density at radius 3 is 2.67 bits per heavy atom. The van der Waals surface area contributed by atoms with Crippen LogP contribution in [0, 0.1) is 0 Å². The number of aryl methyl sites for hydroxylation is 1. The van der Waals surface area contributed by atoms with Gasteiger partial charge in [0.05, 0.1) is 0 Å². The predicted octanol–water partition coefficient (Wildman–Crippen LogP) is 3.91. The molecule has 0 atom stereocenters. The van der Waals surface area contributed by atoms with E-state index in [4.69, 9.17) is 4.98 Å². The van der Waals surface area contributed by atoms with Crippen molar-refractivity contribution in [3.8, 4) is 0 Å². The van der Waals surface area contributed by atoms with Gasteiger partial charge < -0.3 is 10.2 Å². The lowest BCUT2D eigenvalue weighted by Gasteiger charge is -2.33. The molecule has 1 N–H and O–H groups in total. The highest BCUT2D eigenvalue weighted by Crippen LogP contribution is 2.33. The Labute approximate surface area is 130 Å². The molecule has 1 aromatic rings. The highest BCUT2D eigenvalue weighted by molar-refractivity contribution is 5.46. The van der Waals surface area contributed by atoms with E-state index in [0.29, 0.717) is 6.04 Å². The van der Waals surface area contributed by atoms with Gasteiger partial charge in [0.1, 0.15) is 5.82 Å². The van der Waals surface area contributed by atoms with Gasteiger partial charge in [-0.1, -0.05) is 27.2 Å². The average molecular weight is 289 g/mol. The Bertz CT molecular complexity index is 466. The van der Waals surface area contributed by atoms with Crippen molar-refractivity contribution in [3.05, 3.63) is 23.4 Å². The van der Waals surface area contributed by atoms with E-state index in [9.17, 15) is 0 Å². The van der Waals surface area contributed by atoms with Gasteiger partial charge in [0.2, 0.25) is 0 Å². The van der Waals surface area contributed by atoms with Crippen molar-refractivity contribution in [1.82, 2.24) is 10.3 Å². The molecule has 0 amide bonds. The fourth-order valence-electron chi connectivity index (χ4n) is 3.11. The molecule has 118 valence electrons. The summed E-state index contributed by atoms with van der Waals surface area (Å²) in [5, 5.41) is 3.52. The van der Waals surface area contributed by atoms with E-state index in [1.165, 1.54) is 29.9 Å². The molecule has 3 nitrogen and oxygen atoms in total. The third-order valence-corrected chi connectivity index (χ3v) is 4.32. The SMILES string of the molecule is CCCc1cc(CNC(C)C)cc(N2CCCC2(C)C)n1. The van der Waals surface area contributed by atoms with Crippen LogP contribution in [0.3, 0.4) is 0 Å². The van der Waals surface area contributed by atoms with Crippen LogP contribution in [0.15, 0.2) is 12.1 Å². The van der Waals surface area contributed by atoms with Gasteiger partial charge in [0.15, 0.2) is 0 Å². The summed E-state index contributed by atoms with van der Waals surface area (Å²) < 4.78 is 0. The van der Waals surface area contributed by atoms with Gasteiger partial charge in [-0.25, -0.2) is 4.98 Å². The summed E-state index contributed by atoms with van der Waals surface area (Å²) in [5.41, 5.74) is 2.83. The molecule has 21 heavy (non-hydrogen) atoms. The monoisotopic (exact) mass is 289 g/mol. The van der Waals surface area contributed by atoms with Crippen molar-refractivity contribution >= 4 is 5.82 Å². The van der Waals surface area contributed by atoms with Crippen molar-refractivity contribution in [2.45, 2.75) is 78.4 Å². The van der Waals surface area contributed by atoms with Crippen LogP contribution in [0.2, 0.25) is 0 Å². The van der Waals surface area contributed by atoms with Crippen LogP contribution >= 0.6 is 0 Å². The number of aromatic nitrogens is 1. The third-order valence-electron chi connectivity index (χ3n) is 4.32. The van der Waals surface area contributed by atoms with E-state index < -0.39 is 0 Å². The largest absolute Gasteiger partial charge is 0.351 e. The maximum Gasteiger partial charge on any atom is 0.129 e. The van der Waals surface area contributed by atoms with Gasteiger partial charge in [-0.15, -0.1) is 0 Å². The normalized spacial score (nSPS) is 17.7. The smallest absolute Gasteiger partial charge is 0.129 e. The number of nitrogens with one attached hydrogen (secondary N) is 1. The molecule has 3 heteroatoms. The summed E-state index contributed by atoms with van der Waals surface area (Å²) in [4.78, 5) is 7.42. The van der Waals surface area contributed by atoms with Crippen molar-refractivity contribution < 1.29 is 0 Å². The Hall–Kier alpha value is -1.09. The first-order chi connectivity index (χ1) is 9.92. The van der Waals surface area contributed by atoms with E-state index in [-0.39, 0.29) is 5.54 Å². The molecule has 0 radical (unpaired) electrons. The number of nitrogens with zero attached hydrogens (tertiary/aromatic N) is 2. The molecule has 0 bridgehead atoms. The minimum atomic E-state index is 0.237. The first-order valence-corrected chi connectivity index (χ1v) is 8.43. The Morgan fingerprint density at radius 2 is 2.10 bits per heavy atom. The molecule has 1 aliphatic heterocycles. The second-order valence-corrected chi connectivity index (χ2v) is 7.18. The summed E-state index contributed by atoms with van der Waals surface area (Å²) in [7, 11) is 0. The standard InChI is InChI=1S/C18H31N3/c1-6-8-16-11-15(13-19-14(2)3)12-17(20-16)21-10-7-9-18(21,4)5/h11-12,14,19H,6-10,13H2,1-5H3. The molecule has 1 aliphatic rings. The van der Waals surface area contributed by atoms with Gasteiger partial charge in [0, 0.05) is 30.4 Å². The maximum atomic E-state index is 4.93. The van der Waals surface area contributed by atoms with Crippen LogP contribution in [0.5, 0.6) is 0 Å². The lowest BCUT2D eigenvalue weighted by atomic mass is 10.0. The fourth-order valence-corrected chi connectivity index (χ4v) is 3.11. The summed E-state index contributed by atoms with van der Waals surface area (Å²) in [6.07, 6.45) is 4.74. The Balaban J connectivity index is 2.26. The molecule has 1 aromatic heterocycles. The zero-order valence-corrected chi connectivity index (χ0v) is 14.4. The molecular weight excluding hydrogens is 258 g/mol. The highest BCUT2D eigenvalue weighted by atomic mass is 15.3. The molecule has 0 unspecified atom stereocenters. The van der Waals surface area contributed by atoms with E-state index in [2.05, 4.69) is 57.0 Å². The quantitative estimate of drug-likeness (QED) is 0.860. The first-order valence-electron chi connectivity index (χ1n) is 8.43. The van der Waals surface area contributed by atoms with Crippen molar-refractivity contribution in [2.24, 2.45) is 0 Å². The number of anilines is 1. The van der Waals surface area contributed by atoms with Gasteiger partial charge in [-0.2, -0.15) is 0 Å². The maximum absolute atomic E-state index is 4.93. The lowest BCUT2D eigenvalue weighted by molar-refractivity contribution is 0.513. The van der Waals surface area contributed by atoms with E-state index >= 15 is 0 Å². The molecule has 0 aliphatic carbocycles. The van der Waals surface area contributed by atoms with E-state index in [1.807, 2.05) is 0 Å². The third kappa shape index (κ3) is 4.19. The average Bonchev–Trinajstić information content (AvgIpc) is 2.76. The minimum absolute atomic E-state index is 0.237. The van der Waals surface area contributed by atoms with Crippen molar-refractivity contribution in [1.29, 1.82) is 0 Å². The van der Waals surface area contributed by atoms with Gasteiger partial charge in [-0.3, -0.25) is 0 Å². The molecular formula is C18H31N3. The molecule has 0 saturated carbocycles. The lowest BCUT2D eigenvalue weighted by Crippen LogP contribution is -2.39. The number of hydrogen-bond donors (Lipinski definition) is 1.